The van der Waals surface area contributed by atoms with Crippen molar-refractivity contribution in [3.63, 3.8) is 0 Å². The molecule has 4 heterocycles. The van der Waals surface area contributed by atoms with Crippen LogP contribution in [0, 0.1) is 23.1 Å². The van der Waals surface area contributed by atoms with Gasteiger partial charge in [-0.05, 0) is 112 Å². The van der Waals surface area contributed by atoms with E-state index in [1.54, 1.807) is 6.20 Å². The molecule has 0 bridgehead atoms. The number of halogens is 1. The maximum absolute atomic E-state index is 14.5. The zero-order valence-electron chi connectivity index (χ0n) is 33.4. The zero-order valence-corrected chi connectivity index (χ0v) is 33.4. The molecule has 4 aromatic rings. The fourth-order valence-corrected chi connectivity index (χ4v) is 8.65. The number of nitrogens with zero attached hydrogens (tertiary/aromatic N) is 5. The van der Waals surface area contributed by atoms with Crippen LogP contribution < -0.4 is 25.3 Å². The quantitative estimate of drug-likeness (QED) is 0.134. The minimum atomic E-state index is -0.412. The molecule has 3 aliphatic rings. The number of aromatic amines is 1. The number of carbonyl (C=O) groups excluding carboxylic acids is 3. The van der Waals surface area contributed by atoms with Gasteiger partial charge in [-0.15, -0.1) is 0 Å². The Kier molecular flexibility index (Phi) is 14.8. The summed E-state index contributed by atoms with van der Waals surface area (Å²) in [7, 11) is 3.75. The monoisotopic (exact) mass is 776 g/mol. The molecule has 3 fully saturated rings. The Bertz CT molecular complexity index is 1970. The number of aromatic nitrogens is 1. The molecule has 3 N–H and O–H groups in total. The second-order valence-electron chi connectivity index (χ2n) is 15.6. The van der Waals surface area contributed by atoms with Gasteiger partial charge in [0.15, 0.2) is 0 Å². The summed E-state index contributed by atoms with van der Waals surface area (Å²) in [4.78, 5) is 46.8. The summed E-state index contributed by atoms with van der Waals surface area (Å²) in [6.45, 7) is 9.31. The van der Waals surface area contributed by atoms with Crippen LogP contribution in [0.2, 0.25) is 0 Å². The molecule has 0 aliphatic carbocycles. The van der Waals surface area contributed by atoms with Crippen LogP contribution in [0.15, 0.2) is 60.8 Å². The summed E-state index contributed by atoms with van der Waals surface area (Å²) in [6, 6.07) is 20.1. The molecule has 7 rings (SSSR count). The molecule has 1 atom stereocenters. The maximum Gasteiger partial charge on any atom is 0.150 e. The van der Waals surface area contributed by atoms with Crippen LogP contribution in [-0.2, 0) is 16.1 Å². The smallest absolute Gasteiger partial charge is 0.150 e. The van der Waals surface area contributed by atoms with Crippen LogP contribution in [0.3, 0.4) is 0 Å². The van der Waals surface area contributed by atoms with Gasteiger partial charge in [-0.2, -0.15) is 5.26 Å². The van der Waals surface area contributed by atoms with E-state index in [9.17, 15) is 24.0 Å². The van der Waals surface area contributed by atoms with Crippen molar-refractivity contribution in [1.29, 1.82) is 5.26 Å². The second kappa shape index (κ2) is 20.4. The lowest BCUT2D eigenvalue weighted by Gasteiger charge is -2.40. The van der Waals surface area contributed by atoms with E-state index in [0.29, 0.717) is 53.3 Å². The number of H-pyrrole nitrogens is 1. The molecule has 0 amide bonds. The largest absolute Gasteiger partial charge is 0.372 e. The Morgan fingerprint density at radius 1 is 0.860 bits per heavy atom. The minimum absolute atomic E-state index is 0.324. The molecule has 11 nitrogen and oxygen atoms in total. The maximum atomic E-state index is 14.5. The number of rotatable bonds is 14. The summed E-state index contributed by atoms with van der Waals surface area (Å²) in [5, 5.41) is 15.7. The standard InChI is InChI=1S/C43H50FN7O3.C2H7N/c44-40-9-10-41(43-42(40)36(25-45)27-47-43)51-17-13-33(14-18-51)32-3-6-38(7-4-32)49-15-11-31(12-16-49)28-48-19-21-50(22-20-48)39-8-5-34(29-53)35(24-39)26-46-37(30-54)2-1-23-52;1-3-2/h3-10,23-24,27,29-31,33,37,46-47H,1-2,11-22,26,28H2;3H,1-2H3/t37-;/m1./s1. The highest BCUT2D eigenvalue weighted by atomic mass is 19.1. The molecule has 12 heteroatoms. The first-order valence-electron chi connectivity index (χ1n) is 20.4. The topological polar surface area (TPSA) is 128 Å². The highest BCUT2D eigenvalue weighted by Gasteiger charge is 2.27. The van der Waals surface area contributed by atoms with Crippen molar-refractivity contribution in [2.24, 2.45) is 5.92 Å². The number of hydrogen-bond acceptors (Lipinski definition) is 10. The molecular formula is C45H57FN8O3. The van der Waals surface area contributed by atoms with E-state index >= 15 is 0 Å². The lowest BCUT2D eigenvalue weighted by Crippen LogP contribution is -2.49. The number of piperidine rings is 2. The number of benzene rings is 3. The average molecular weight is 777 g/mol. The summed E-state index contributed by atoms with van der Waals surface area (Å²) >= 11 is 0. The number of fused-ring (bicyclic) bond motifs is 1. The average Bonchev–Trinajstić information content (AvgIpc) is 3.70. The van der Waals surface area contributed by atoms with Gasteiger partial charge in [-0.1, -0.05) is 12.1 Å². The normalized spacial score (nSPS) is 17.5. The molecule has 302 valence electrons. The van der Waals surface area contributed by atoms with Gasteiger partial charge in [0.2, 0.25) is 0 Å². The number of aldehydes is 3. The highest BCUT2D eigenvalue weighted by Crippen LogP contribution is 2.36. The summed E-state index contributed by atoms with van der Waals surface area (Å²) < 4.78 is 14.5. The molecule has 0 saturated carbocycles. The molecule has 1 aromatic heterocycles. The van der Waals surface area contributed by atoms with Gasteiger partial charge in [0.1, 0.15) is 30.7 Å². The van der Waals surface area contributed by atoms with Crippen molar-refractivity contribution in [3.05, 3.63) is 88.9 Å². The van der Waals surface area contributed by atoms with Crippen molar-refractivity contribution in [3.8, 4) is 6.07 Å². The molecular weight excluding hydrogens is 720 g/mol. The van der Waals surface area contributed by atoms with Gasteiger partial charge in [-0.3, -0.25) is 9.69 Å². The lowest BCUT2D eigenvalue weighted by atomic mass is 9.89. The van der Waals surface area contributed by atoms with Crippen molar-refractivity contribution in [1.82, 2.24) is 20.5 Å². The number of hydrogen-bond donors (Lipinski definition) is 3. The van der Waals surface area contributed by atoms with E-state index in [2.05, 4.69) is 71.6 Å². The third-order valence-corrected chi connectivity index (χ3v) is 11.9. The Labute approximate surface area is 336 Å². The number of piperazine rings is 1. The minimum Gasteiger partial charge on any atom is -0.372 e. The zero-order chi connectivity index (χ0) is 40.1. The van der Waals surface area contributed by atoms with Crippen molar-refractivity contribution >= 4 is 46.8 Å². The Morgan fingerprint density at radius 2 is 1.53 bits per heavy atom. The van der Waals surface area contributed by atoms with E-state index in [1.165, 1.54) is 30.2 Å². The number of carbonyl (C=O) groups is 3. The van der Waals surface area contributed by atoms with Gasteiger partial charge >= 0.3 is 0 Å². The first-order chi connectivity index (χ1) is 27.9. The van der Waals surface area contributed by atoms with Crippen LogP contribution in [0.25, 0.3) is 10.9 Å². The summed E-state index contributed by atoms with van der Waals surface area (Å²) in [5.41, 5.74) is 7.28. The molecule has 3 aliphatic heterocycles. The van der Waals surface area contributed by atoms with E-state index in [0.717, 1.165) is 108 Å². The molecule has 3 saturated heterocycles. The third-order valence-electron chi connectivity index (χ3n) is 11.9. The molecule has 57 heavy (non-hydrogen) atoms. The fraction of sp³-hybridized carbons (Fsp3) is 0.467. The van der Waals surface area contributed by atoms with Crippen LogP contribution in [0.1, 0.15) is 71.5 Å². The van der Waals surface area contributed by atoms with Gasteiger partial charge in [0.25, 0.3) is 0 Å². The number of anilines is 3. The molecule has 0 unspecified atom stereocenters. The van der Waals surface area contributed by atoms with E-state index in [1.807, 2.05) is 32.3 Å². The van der Waals surface area contributed by atoms with Crippen molar-refractivity contribution in [2.75, 3.05) is 87.7 Å². The van der Waals surface area contributed by atoms with Crippen LogP contribution >= 0.6 is 0 Å². The molecule has 0 radical (unpaired) electrons. The first-order valence-corrected chi connectivity index (χ1v) is 20.4. The van der Waals surface area contributed by atoms with Gasteiger partial charge < -0.3 is 39.9 Å². The van der Waals surface area contributed by atoms with Crippen LogP contribution in [-0.4, -0.2) is 108 Å². The van der Waals surface area contributed by atoms with E-state index < -0.39 is 6.04 Å². The lowest BCUT2D eigenvalue weighted by molar-refractivity contribution is -0.110. The molecule has 0 spiro atoms. The third kappa shape index (κ3) is 10.3. The van der Waals surface area contributed by atoms with E-state index in [4.69, 9.17) is 0 Å². The number of nitrogens with one attached hydrogen (secondary N) is 3. The van der Waals surface area contributed by atoms with Gasteiger partial charge in [0, 0.05) is 95.0 Å². The molecule has 3 aromatic carbocycles. The SMILES string of the molecule is CNC.N#Cc1c[nH]c2c(N3CCC(c4ccc(N5CCC(CN6CCN(c7ccc(C=O)c(CN[C@@H](C=O)CCC=O)c7)CC6)CC5)cc4)CC3)ccc(F)c12. The van der Waals surface area contributed by atoms with Gasteiger partial charge in [0.05, 0.1) is 28.2 Å². The predicted octanol–water partition coefficient (Wildman–Crippen LogP) is 5.89. The Hall–Kier alpha value is -5.09. The fourth-order valence-electron chi connectivity index (χ4n) is 8.65. The van der Waals surface area contributed by atoms with E-state index in [-0.39, 0.29) is 5.82 Å². The van der Waals surface area contributed by atoms with Crippen LogP contribution in [0.5, 0.6) is 0 Å². The summed E-state index contributed by atoms with van der Waals surface area (Å²) in [6.07, 6.45) is 9.31. The first kappa shape index (κ1) is 41.5. The highest BCUT2D eigenvalue weighted by molar-refractivity contribution is 5.95. The predicted molar refractivity (Wildman–Crippen MR) is 226 cm³/mol. The Balaban J connectivity index is 0.00000177. The second-order valence-corrected chi connectivity index (χ2v) is 15.6. The Morgan fingerprint density at radius 3 is 2.18 bits per heavy atom. The van der Waals surface area contributed by atoms with Gasteiger partial charge in [-0.25, -0.2) is 4.39 Å². The van der Waals surface area contributed by atoms with Crippen LogP contribution in [0.4, 0.5) is 21.5 Å². The van der Waals surface area contributed by atoms with Crippen molar-refractivity contribution < 1.29 is 18.8 Å². The van der Waals surface area contributed by atoms with Crippen molar-refractivity contribution in [2.45, 2.75) is 57.0 Å². The summed E-state index contributed by atoms with van der Waals surface area (Å²) in [5.74, 6) is 0.820. The number of nitriles is 1.